The molecule has 0 amide bonds. The molecule has 0 spiro atoms. The fraction of sp³-hybridized carbons (Fsp3) is 0.778. The Morgan fingerprint density at radius 2 is 2.30 bits per heavy atom. The lowest BCUT2D eigenvalue weighted by Crippen LogP contribution is -2.30. The Kier molecular flexibility index (Phi) is 2.50. The summed E-state index contributed by atoms with van der Waals surface area (Å²) in [6.07, 6.45) is 9.48. The van der Waals surface area contributed by atoms with Crippen molar-refractivity contribution in [2.24, 2.45) is 11.1 Å². The fourth-order valence-electron chi connectivity index (χ4n) is 1.59. The van der Waals surface area contributed by atoms with E-state index in [9.17, 15) is 0 Å². The van der Waals surface area contributed by atoms with Crippen LogP contribution in [0.3, 0.4) is 0 Å². The van der Waals surface area contributed by atoms with Crippen LogP contribution in [0, 0.1) is 5.41 Å². The van der Waals surface area contributed by atoms with Gasteiger partial charge in [0, 0.05) is 0 Å². The predicted molar refractivity (Wildman–Crippen MR) is 44.8 cm³/mol. The normalized spacial score (nSPS) is 32.6. The highest BCUT2D eigenvalue weighted by Crippen LogP contribution is 2.34. The van der Waals surface area contributed by atoms with Crippen LogP contribution in [0.1, 0.15) is 32.6 Å². The molecule has 10 heavy (non-hydrogen) atoms. The minimum atomic E-state index is 0.453. The van der Waals surface area contributed by atoms with E-state index in [1.54, 1.807) is 0 Å². The van der Waals surface area contributed by atoms with Gasteiger partial charge in [0.05, 0.1) is 0 Å². The van der Waals surface area contributed by atoms with Crippen LogP contribution in [0.5, 0.6) is 0 Å². The van der Waals surface area contributed by atoms with E-state index >= 15 is 0 Å². The lowest BCUT2D eigenvalue weighted by molar-refractivity contribution is 0.257. The topological polar surface area (TPSA) is 26.0 Å². The van der Waals surface area contributed by atoms with E-state index in [4.69, 9.17) is 5.73 Å². The van der Waals surface area contributed by atoms with Crippen molar-refractivity contribution in [2.75, 3.05) is 6.54 Å². The summed E-state index contributed by atoms with van der Waals surface area (Å²) in [6, 6.07) is 0. The maximum absolute atomic E-state index is 5.71. The first-order valence-corrected chi connectivity index (χ1v) is 4.18. The second-order valence-electron chi connectivity index (χ2n) is 3.27. The van der Waals surface area contributed by atoms with E-state index in [1.165, 1.54) is 25.7 Å². The standard InChI is InChI=1S/C9H17N/c1-2-9(8-10)6-4-3-5-7-9/h3-4H,2,5-8,10H2,1H3. The van der Waals surface area contributed by atoms with Crippen molar-refractivity contribution in [3.63, 3.8) is 0 Å². The van der Waals surface area contributed by atoms with Gasteiger partial charge in [0.1, 0.15) is 0 Å². The summed E-state index contributed by atoms with van der Waals surface area (Å²) < 4.78 is 0. The molecule has 0 aromatic rings. The second kappa shape index (κ2) is 3.20. The Morgan fingerprint density at radius 1 is 1.50 bits per heavy atom. The zero-order valence-corrected chi connectivity index (χ0v) is 6.77. The van der Waals surface area contributed by atoms with Crippen LogP contribution in [-0.4, -0.2) is 6.54 Å². The second-order valence-corrected chi connectivity index (χ2v) is 3.27. The molecule has 1 atom stereocenters. The van der Waals surface area contributed by atoms with Crippen molar-refractivity contribution in [3.8, 4) is 0 Å². The van der Waals surface area contributed by atoms with Crippen molar-refractivity contribution < 1.29 is 0 Å². The molecule has 58 valence electrons. The third-order valence-corrected chi connectivity index (χ3v) is 2.74. The quantitative estimate of drug-likeness (QED) is 0.582. The van der Waals surface area contributed by atoms with E-state index in [2.05, 4.69) is 19.1 Å². The summed E-state index contributed by atoms with van der Waals surface area (Å²) >= 11 is 0. The van der Waals surface area contributed by atoms with Crippen LogP contribution < -0.4 is 5.73 Å². The molecule has 1 aliphatic carbocycles. The van der Waals surface area contributed by atoms with E-state index in [-0.39, 0.29) is 0 Å². The van der Waals surface area contributed by atoms with Crippen LogP contribution >= 0.6 is 0 Å². The van der Waals surface area contributed by atoms with E-state index in [0.717, 1.165) is 6.54 Å². The van der Waals surface area contributed by atoms with Gasteiger partial charge in [-0.05, 0) is 37.6 Å². The van der Waals surface area contributed by atoms with Gasteiger partial charge in [-0.3, -0.25) is 0 Å². The third kappa shape index (κ3) is 1.40. The summed E-state index contributed by atoms with van der Waals surface area (Å²) in [5, 5.41) is 0. The molecule has 0 aliphatic heterocycles. The molecule has 1 nitrogen and oxygen atoms in total. The summed E-state index contributed by atoms with van der Waals surface area (Å²) in [4.78, 5) is 0. The molecule has 1 aliphatic rings. The molecule has 0 saturated heterocycles. The maximum atomic E-state index is 5.71. The summed E-state index contributed by atoms with van der Waals surface area (Å²) in [5.74, 6) is 0. The fourth-order valence-corrected chi connectivity index (χ4v) is 1.59. The highest BCUT2D eigenvalue weighted by molar-refractivity contribution is 4.97. The minimum absolute atomic E-state index is 0.453. The number of nitrogens with two attached hydrogens (primary N) is 1. The van der Waals surface area contributed by atoms with Crippen LogP contribution in [-0.2, 0) is 0 Å². The molecule has 0 bridgehead atoms. The molecule has 1 heteroatoms. The van der Waals surface area contributed by atoms with E-state index in [1.807, 2.05) is 0 Å². The molecule has 1 rings (SSSR count). The van der Waals surface area contributed by atoms with Crippen LogP contribution in [0.15, 0.2) is 12.2 Å². The number of rotatable bonds is 2. The molecular weight excluding hydrogens is 122 g/mol. The van der Waals surface area contributed by atoms with E-state index < -0.39 is 0 Å². The largest absolute Gasteiger partial charge is 0.330 e. The highest BCUT2D eigenvalue weighted by Gasteiger charge is 2.25. The molecule has 0 radical (unpaired) electrons. The molecule has 0 fully saturated rings. The molecule has 0 aromatic carbocycles. The van der Waals surface area contributed by atoms with Gasteiger partial charge in [0.25, 0.3) is 0 Å². The maximum Gasteiger partial charge on any atom is -0.00176 e. The highest BCUT2D eigenvalue weighted by atomic mass is 14.6. The molecular formula is C9H17N. The Morgan fingerprint density at radius 3 is 2.60 bits per heavy atom. The van der Waals surface area contributed by atoms with E-state index in [0.29, 0.717) is 5.41 Å². The van der Waals surface area contributed by atoms with Crippen LogP contribution in [0.4, 0.5) is 0 Å². The first kappa shape index (κ1) is 7.80. The lowest BCUT2D eigenvalue weighted by atomic mass is 9.75. The van der Waals surface area contributed by atoms with Gasteiger partial charge in [-0.2, -0.15) is 0 Å². The van der Waals surface area contributed by atoms with Gasteiger partial charge in [0.2, 0.25) is 0 Å². The van der Waals surface area contributed by atoms with Gasteiger partial charge in [-0.15, -0.1) is 0 Å². The predicted octanol–water partition coefficient (Wildman–Crippen LogP) is 2.08. The van der Waals surface area contributed by atoms with Gasteiger partial charge in [-0.1, -0.05) is 19.1 Å². The Labute approximate surface area is 63.3 Å². The average molecular weight is 139 g/mol. The van der Waals surface area contributed by atoms with Gasteiger partial charge in [0.15, 0.2) is 0 Å². The summed E-state index contributed by atoms with van der Waals surface area (Å²) in [7, 11) is 0. The lowest BCUT2D eigenvalue weighted by Gasteiger charge is -2.32. The molecule has 0 aromatic heterocycles. The van der Waals surface area contributed by atoms with Crippen molar-refractivity contribution in [1.29, 1.82) is 0 Å². The van der Waals surface area contributed by atoms with Gasteiger partial charge < -0.3 is 5.73 Å². The van der Waals surface area contributed by atoms with Crippen molar-refractivity contribution in [2.45, 2.75) is 32.6 Å². The Balaban J connectivity index is 2.55. The smallest absolute Gasteiger partial charge is 0.00176 e. The van der Waals surface area contributed by atoms with Crippen molar-refractivity contribution in [1.82, 2.24) is 0 Å². The molecule has 0 heterocycles. The minimum Gasteiger partial charge on any atom is -0.330 e. The van der Waals surface area contributed by atoms with Crippen LogP contribution in [0.25, 0.3) is 0 Å². The SMILES string of the molecule is CCC1(CN)CC=CCC1. The summed E-state index contributed by atoms with van der Waals surface area (Å²) in [5.41, 5.74) is 6.17. The van der Waals surface area contributed by atoms with Crippen molar-refractivity contribution in [3.05, 3.63) is 12.2 Å². The molecule has 0 saturated carbocycles. The van der Waals surface area contributed by atoms with Gasteiger partial charge in [-0.25, -0.2) is 0 Å². The number of allylic oxidation sites excluding steroid dienone is 2. The zero-order valence-electron chi connectivity index (χ0n) is 6.77. The molecule has 1 unspecified atom stereocenters. The monoisotopic (exact) mass is 139 g/mol. The van der Waals surface area contributed by atoms with Crippen molar-refractivity contribution >= 4 is 0 Å². The number of hydrogen-bond acceptors (Lipinski definition) is 1. The zero-order chi connectivity index (χ0) is 7.45. The van der Waals surface area contributed by atoms with Crippen LogP contribution in [0.2, 0.25) is 0 Å². The average Bonchev–Trinajstić information content (AvgIpc) is 2.06. The van der Waals surface area contributed by atoms with Gasteiger partial charge >= 0.3 is 0 Å². The third-order valence-electron chi connectivity index (χ3n) is 2.74. The number of hydrogen-bond donors (Lipinski definition) is 1. The molecule has 2 N–H and O–H groups in total. The Bertz CT molecular complexity index is 123. The summed E-state index contributed by atoms with van der Waals surface area (Å²) in [6.45, 7) is 3.10. The Hall–Kier alpha value is -0.300. The first-order chi connectivity index (χ1) is 4.83. The first-order valence-electron chi connectivity index (χ1n) is 4.18.